The van der Waals surface area contributed by atoms with Crippen molar-refractivity contribution in [1.82, 2.24) is 14.9 Å². The lowest BCUT2D eigenvalue weighted by atomic mass is 9.95. The van der Waals surface area contributed by atoms with Gasteiger partial charge in [0.2, 0.25) is 5.91 Å². The van der Waals surface area contributed by atoms with Crippen molar-refractivity contribution in [1.29, 1.82) is 0 Å². The molecule has 0 N–H and O–H groups in total. The summed E-state index contributed by atoms with van der Waals surface area (Å²) in [6.45, 7) is 1.76. The maximum Gasteiger partial charge on any atom is 0.393 e. The molecule has 0 bridgehead atoms. The number of alkyl halides is 3. The number of halogens is 3. The van der Waals surface area contributed by atoms with Gasteiger partial charge in [-0.2, -0.15) is 13.2 Å². The summed E-state index contributed by atoms with van der Waals surface area (Å²) in [6.07, 6.45) is 0.458. The highest BCUT2D eigenvalue weighted by Gasteiger charge is 2.44. The second-order valence-electron chi connectivity index (χ2n) is 8.06. The van der Waals surface area contributed by atoms with Gasteiger partial charge in [0.25, 0.3) is 0 Å². The van der Waals surface area contributed by atoms with Crippen LogP contribution in [-0.4, -0.2) is 65.7 Å². The van der Waals surface area contributed by atoms with Crippen molar-refractivity contribution in [2.45, 2.75) is 37.8 Å². The Morgan fingerprint density at radius 2 is 2.00 bits per heavy atom. The second-order valence-corrected chi connectivity index (χ2v) is 8.06. The van der Waals surface area contributed by atoms with Crippen LogP contribution < -0.4 is 4.90 Å². The average molecular weight is 412 g/mol. The van der Waals surface area contributed by atoms with Crippen molar-refractivity contribution in [2.24, 2.45) is 11.8 Å². The van der Waals surface area contributed by atoms with E-state index in [2.05, 4.69) is 9.97 Å². The first-order valence-electron chi connectivity index (χ1n) is 9.86. The van der Waals surface area contributed by atoms with Crippen molar-refractivity contribution in [3.8, 4) is 0 Å². The molecular formula is C19H23F3N4O3. The highest BCUT2D eigenvalue weighted by Crippen LogP contribution is 2.35. The predicted octanol–water partition coefficient (Wildman–Crippen LogP) is 2.13. The zero-order chi connectivity index (χ0) is 20.6. The van der Waals surface area contributed by atoms with E-state index in [1.807, 2.05) is 0 Å². The molecule has 4 heterocycles. The monoisotopic (exact) mass is 412 g/mol. The lowest BCUT2D eigenvalue weighted by Gasteiger charge is -2.39. The molecule has 10 heteroatoms. The van der Waals surface area contributed by atoms with E-state index >= 15 is 0 Å². The van der Waals surface area contributed by atoms with E-state index < -0.39 is 12.1 Å². The van der Waals surface area contributed by atoms with Crippen molar-refractivity contribution in [3.05, 3.63) is 18.1 Å². The van der Waals surface area contributed by atoms with Crippen molar-refractivity contribution in [2.75, 3.05) is 37.7 Å². The van der Waals surface area contributed by atoms with Crippen LogP contribution in [0.3, 0.4) is 0 Å². The highest BCUT2D eigenvalue weighted by atomic mass is 19.4. The van der Waals surface area contributed by atoms with E-state index in [4.69, 9.17) is 4.74 Å². The summed E-state index contributed by atoms with van der Waals surface area (Å²) < 4.78 is 43.4. The lowest BCUT2D eigenvalue weighted by Crippen LogP contribution is -2.48. The molecule has 1 aromatic heterocycles. The first-order chi connectivity index (χ1) is 13.8. The number of rotatable bonds is 5. The number of aromatic nitrogens is 2. The van der Waals surface area contributed by atoms with Crippen molar-refractivity contribution < 1.29 is 27.5 Å². The highest BCUT2D eigenvalue weighted by molar-refractivity contribution is 5.77. The van der Waals surface area contributed by atoms with Crippen LogP contribution in [0.1, 0.15) is 37.3 Å². The normalized spacial score (nSPS) is 25.3. The van der Waals surface area contributed by atoms with Crippen LogP contribution in [0.4, 0.5) is 19.0 Å². The minimum absolute atomic E-state index is 0.0560. The number of amides is 1. The average Bonchev–Trinajstić information content (AvgIpc) is 3.28. The number of likely N-dealkylation sites (tertiary alicyclic amines) is 1. The molecule has 158 valence electrons. The second kappa shape index (κ2) is 7.79. The van der Waals surface area contributed by atoms with Crippen LogP contribution in [-0.2, 0) is 14.3 Å². The van der Waals surface area contributed by atoms with E-state index in [0.29, 0.717) is 51.3 Å². The first-order valence-corrected chi connectivity index (χ1v) is 9.86. The molecule has 0 radical (unpaired) electrons. The quantitative estimate of drug-likeness (QED) is 0.690. The van der Waals surface area contributed by atoms with Crippen LogP contribution in [0.5, 0.6) is 0 Å². The number of carbonyl (C=O) groups excluding carboxylic acids is 2. The SMILES string of the molecule is O=C1C[C@H](CCC(=O)N2CC(c3cnc(N4CCC(C(F)(F)F)C4)cn3)C2)CO1. The molecule has 0 saturated carbocycles. The summed E-state index contributed by atoms with van der Waals surface area (Å²) >= 11 is 0. The van der Waals surface area contributed by atoms with Crippen molar-refractivity contribution >= 4 is 17.7 Å². The maximum atomic E-state index is 12.8. The van der Waals surface area contributed by atoms with Gasteiger partial charge in [0.15, 0.2) is 0 Å². The van der Waals surface area contributed by atoms with Gasteiger partial charge >= 0.3 is 12.1 Å². The lowest BCUT2D eigenvalue weighted by molar-refractivity contribution is -0.168. The van der Waals surface area contributed by atoms with E-state index in [1.54, 1.807) is 16.0 Å². The maximum absolute atomic E-state index is 12.8. The van der Waals surface area contributed by atoms with Crippen LogP contribution >= 0.6 is 0 Å². The first kappa shape index (κ1) is 19.9. The molecular weight excluding hydrogens is 389 g/mol. The molecule has 1 amide bonds. The number of nitrogens with zero attached hydrogens (tertiary/aromatic N) is 4. The topological polar surface area (TPSA) is 75.6 Å². The molecule has 1 aromatic rings. The molecule has 7 nitrogen and oxygen atoms in total. The molecule has 3 fully saturated rings. The number of hydrogen-bond donors (Lipinski definition) is 0. The Bertz CT molecular complexity index is 765. The summed E-state index contributed by atoms with van der Waals surface area (Å²) in [7, 11) is 0. The largest absolute Gasteiger partial charge is 0.465 e. The Kier molecular flexibility index (Phi) is 5.35. The Morgan fingerprint density at radius 3 is 2.59 bits per heavy atom. The molecule has 0 aromatic carbocycles. The Hall–Kier alpha value is -2.39. The van der Waals surface area contributed by atoms with Crippen LogP contribution in [0.15, 0.2) is 12.4 Å². The van der Waals surface area contributed by atoms with Crippen LogP contribution in [0.25, 0.3) is 0 Å². The molecule has 0 aliphatic carbocycles. The third-order valence-electron chi connectivity index (χ3n) is 5.99. The standard InChI is InChI=1S/C19H23F3N4O3/c20-19(21,22)14-3-4-25(10-14)16-7-23-15(6-24-16)13-8-26(9-13)17(27)2-1-12-5-18(28)29-11-12/h6-7,12-14H,1-5,8-11H2/t12-,14?/m0/s1. The molecule has 3 aliphatic rings. The number of anilines is 1. The van der Waals surface area contributed by atoms with Gasteiger partial charge in [-0.05, 0) is 12.8 Å². The number of hydrogen-bond acceptors (Lipinski definition) is 6. The van der Waals surface area contributed by atoms with Gasteiger partial charge in [0.1, 0.15) is 5.82 Å². The van der Waals surface area contributed by atoms with E-state index in [-0.39, 0.29) is 36.7 Å². The summed E-state index contributed by atoms with van der Waals surface area (Å²) in [4.78, 5) is 35.4. The minimum atomic E-state index is -4.18. The van der Waals surface area contributed by atoms with Gasteiger partial charge in [-0.15, -0.1) is 0 Å². The Labute approximate surface area is 166 Å². The molecule has 3 aliphatic heterocycles. The van der Waals surface area contributed by atoms with Gasteiger partial charge in [0, 0.05) is 44.4 Å². The van der Waals surface area contributed by atoms with E-state index in [1.165, 1.54) is 6.20 Å². The number of ether oxygens (including phenoxy) is 1. The molecule has 0 spiro atoms. The van der Waals surface area contributed by atoms with E-state index in [0.717, 1.165) is 5.69 Å². The summed E-state index contributed by atoms with van der Waals surface area (Å²) in [5.74, 6) is -0.773. The third kappa shape index (κ3) is 4.45. The van der Waals surface area contributed by atoms with Gasteiger partial charge in [-0.3, -0.25) is 14.6 Å². The molecule has 29 heavy (non-hydrogen) atoms. The molecule has 1 unspecified atom stereocenters. The smallest absolute Gasteiger partial charge is 0.393 e. The van der Waals surface area contributed by atoms with Gasteiger partial charge < -0.3 is 14.5 Å². The fraction of sp³-hybridized carbons (Fsp3) is 0.684. The van der Waals surface area contributed by atoms with Crippen molar-refractivity contribution in [3.63, 3.8) is 0 Å². The Morgan fingerprint density at radius 1 is 1.21 bits per heavy atom. The summed E-state index contributed by atoms with van der Waals surface area (Å²) in [5, 5.41) is 0. The van der Waals surface area contributed by atoms with E-state index in [9.17, 15) is 22.8 Å². The fourth-order valence-corrected chi connectivity index (χ4v) is 4.05. The van der Waals surface area contributed by atoms with Crippen LogP contribution in [0.2, 0.25) is 0 Å². The fourth-order valence-electron chi connectivity index (χ4n) is 4.05. The molecule has 2 atom stereocenters. The number of cyclic esters (lactones) is 1. The zero-order valence-electron chi connectivity index (χ0n) is 15.9. The Balaban J connectivity index is 1.23. The zero-order valence-corrected chi connectivity index (χ0v) is 15.9. The van der Waals surface area contributed by atoms with Gasteiger partial charge in [-0.1, -0.05) is 0 Å². The minimum Gasteiger partial charge on any atom is -0.465 e. The number of esters is 1. The number of carbonyl (C=O) groups is 2. The summed E-state index contributed by atoms with van der Waals surface area (Å²) in [6, 6.07) is 0. The van der Waals surface area contributed by atoms with Gasteiger partial charge in [-0.25, -0.2) is 4.98 Å². The van der Waals surface area contributed by atoms with Gasteiger partial charge in [0.05, 0.1) is 37.0 Å². The van der Waals surface area contributed by atoms with Crippen LogP contribution in [0, 0.1) is 11.8 Å². The molecule has 4 rings (SSSR count). The third-order valence-corrected chi connectivity index (χ3v) is 5.99. The summed E-state index contributed by atoms with van der Waals surface area (Å²) in [5.41, 5.74) is 0.749. The molecule has 3 saturated heterocycles. The predicted molar refractivity (Wildman–Crippen MR) is 96.0 cm³/mol.